The van der Waals surface area contributed by atoms with Crippen LogP contribution in [0.25, 0.3) is 10.1 Å². The molecule has 0 spiro atoms. The second kappa shape index (κ2) is 5.73. The van der Waals surface area contributed by atoms with E-state index < -0.39 is 0 Å². The Morgan fingerprint density at radius 1 is 1.05 bits per heavy atom. The lowest BCUT2D eigenvalue weighted by molar-refractivity contribution is 0.307. The largest absolute Gasteiger partial charge is 0.497 e. The molecule has 0 bridgehead atoms. The van der Waals surface area contributed by atoms with Gasteiger partial charge in [-0.05, 0) is 47.2 Å². The summed E-state index contributed by atoms with van der Waals surface area (Å²) in [7, 11) is 1.65. The standard InChI is InChI=1S/C16H13ClO2S/c1-18-13-3-5-14(6-4-13)19-9-11-10-20-16-8-12(17)2-7-15(11)16/h2-8,10H,9H2,1H3. The molecule has 0 unspecified atom stereocenters. The molecule has 3 rings (SSSR count). The van der Waals surface area contributed by atoms with Crippen LogP contribution in [-0.4, -0.2) is 7.11 Å². The molecule has 3 aromatic rings. The first-order valence-corrected chi connectivity index (χ1v) is 7.44. The summed E-state index contributed by atoms with van der Waals surface area (Å²) >= 11 is 7.68. The molecule has 1 aromatic heterocycles. The average molecular weight is 305 g/mol. The third-order valence-electron chi connectivity index (χ3n) is 3.07. The number of fused-ring (bicyclic) bond motifs is 1. The van der Waals surface area contributed by atoms with Gasteiger partial charge >= 0.3 is 0 Å². The molecule has 0 atom stereocenters. The maximum absolute atomic E-state index is 5.99. The van der Waals surface area contributed by atoms with Gasteiger partial charge in [-0.1, -0.05) is 17.7 Å². The predicted octanol–water partition coefficient (Wildman–Crippen LogP) is 5.14. The number of rotatable bonds is 4. The van der Waals surface area contributed by atoms with Crippen LogP contribution in [0, 0.1) is 0 Å². The lowest BCUT2D eigenvalue weighted by Crippen LogP contribution is -1.94. The lowest BCUT2D eigenvalue weighted by Gasteiger charge is -2.06. The molecular weight excluding hydrogens is 292 g/mol. The minimum Gasteiger partial charge on any atom is -0.497 e. The van der Waals surface area contributed by atoms with E-state index in [2.05, 4.69) is 5.38 Å². The van der Waals surface area contributed by atoms with Crippen molar-refractivity contribution < 1.29 is 9.47 Å². The number of benzene rings is 2. The number of thiophene rings is 1. The van der Waals surface area contributed by atoms with E-state index in [-0.39, 0.29) is 0 Å². The van der Waals surface area contributed by atoms with Crippen LogP contribution in [0.2, 0.25) is 5.02 Å². The molecule has 0 aliphatic heterocycles. The Balaban J connectivity index is 1.76. The van der Waals surface area contributed by atoms with Crippen LogP contribution in [0.4, 0.5) is 0 Å². The molecule has 20 heavy (non-hydrogen) atoms. The molecule has 2 nitrogen and oxygen atoms in total. The van der Waals surface area contributed by atoms with Crippen LogP contribution in [-0.2, 0) is 6.61 Å². The van der Waals surface area contributed by atoms with Crippen molar-refractivity contribution in [3.05, 3.63) is 58.4 Å². The molecule has 0 amide bonds. The number of ether oxygens (including phenoxy) is 2. The third kappa shape index (κ3) is 2.74. The Morgan fingerprint density at radius 3 is 2.55 bits per heavy atom. The van der Waals surface area contributed by atoms with Crippen molar-refractivity contribution >= 4 is 33.0 Å². The highest BCUT2D eigenvalue weighted by atomic mass is 35.5. The molecule has 0 N–H and O–H groups in total. The molecule has 0 aliphatic carbocycles. The zero-order valence-corrected chi connectivity index (χ0v) is 12.5. The highest BCUT2D eigenvalue weighted by molar-refractivity contribution is 7.17. The quantitative estimate of drug-likeness (QED) is 0.664. The molecule has 0 saturated carbocycles. The van der Waals surface area contributed by atoms with Gasteiger partial charge in [-0.3, -0.25) is 0 Å². The van der Waals surface area contributed by atoms with Crippen molar-refractivity contribution in [1.82, 2.24) is 0 Å². The van der Waals surface area contributed by atoms with Crippen molar-refractivity contribution in [3.8, 4) is 11.5 Å². The summed E-state index contributed by atoms with van der Waals surface area (Å²) in [6.07, 6.45) is 0. The summed E-state index contributed by atoms with van der Waals surface area (Å²) in [5.74, 6) is 1.66. The van der Waals surface area contributed by atoms with Crippen LogP contribution in [0.15, 0.2) is 47.8 Å². The fourth-order valence-corrected chi connectivity index (χ4v) is 3.22. The second-order valence-corrected chi connectivity index (χ2v) is 5.71. The van der Waals surface area contributed by atoms with Crippen LogP contribution in [0.5, 0.6) is 11.5 Å². The minimum absolute atomic E-state index is 0.550. The van der Waals surface area contributed by atoms with Crippen LogP contribution < -0.4 is 9.47 Å². The van der Waals surface area contributed by atoms with Gasteiger partial charge in [-0.15, -0.1) is 11.3 Å². The van der Waals surface area contributed by atoms with E-state index in [9.17, 15) is 0 Å². The van der Waals surface area contributed by atoms with Gasteiger partial charge in [-0.2, -0.15) is 0 Å². The zero-order chi connectivity index (χ0) is 13.9. The number of halogens is 1. The van der Waals surface area contributed by atoms with Gasteiger partial charge in [0.25, 0.3) is 0 Å². The lowest BCUT2D eigenvalue weighted by atomic mass is 10.2. The maximum Gasteiger partial charge on any atom is 0.120 e. The zero-order valence-electron chi connectivity index (χ0n) is 10.9. The van der Waals surface area contributed by atoms with Crippen molar-refractivity contribution in [3.63, 3.8) is 0 Å². The summed E-state index contributed by atoms with van der Waals surface area (Å²) in [5, 5.41) is 4.08. The normalized spacial score (nSPS) is 10.7. The Hall–Kier alpha value is -1.71. The van der Waals surface area contributed by atoms with Crippen LogP contribution >= 0.6 is 22.9 Å². The Morgan fingerprint density at radius 2 is 1.80 bits per heavy atom. The van der Waals surface area contributed by atoms with E-state index >= 15 is 0 Å². The first-order valence-electron chi connectivity index (χ1n) is 6.19. The van der Waals surface area contributed by atoms with Crippen molar-refractivity contribution in [1.29, 1.82) is 0 Å². The SMILES string of the molecule is COc1ccc(OCc2csc3cc(Cl)ccc23)cc1. The summed E-state index contributed by atoms with van der Waals surface area (Å²) in [6, 6.07) is 13.5. The molecule has 1 heterocycles. The number of hydrogen-bond acceptors (Lipinski definition) is 3. The molecule has 102 valence electrons. The van der Waals surface area contributed by atoms with Gasteiger partial charge in [-0.25, -0.2) is 0 Å². The van der Waals surface area contributed by atoms with Gasteiger partial charge in [0.1, 0.15) is 18.1 Å². The molecule has 0 radical (unpaired) electrons. The van der Waals surface area contributed by atoms with Crippen LogP contribution in [0.1, 0.15) is 5.56 Å². The molecule has 0 aliphatic rings. The Kier molecular flexibility index (Phi) is 3.81. The fraction of sp³-hybridized carbons (Fsp3) is 0.125. The van der Waals surface area contributed by atoms with E-state index in [0.29, 0.717) is 6.61 Å². The topological polar surface area (TPSA) is 18.5 Å². The first-order chi connectivity index (χ1) is 9.76. The van der Waals surface area contributed by atoms with Crippen molar-refractivity contribution in [2.45, 2.75) is 6.61 Å². The van der Waals surface area contributed by atoms with Crippen molar-refractivity contribution in [2.75, 3.05) is 7.11 Å². The number of methoxy groups -OCH3 is 1. The van der Waals surface area contributed by atoms with E-state index in [4.69, 9.17) is 21.1 Å². The maximum atomic E-state index is 5.99. The Bertz CT molecular complexity index is 719. The molecule has 2 aromatic carbocycles. The third-order valence-corrected chi connectivity index (χ3v) is 4.30. The van der Waals surface area contributed by atoms with Gasteiger partial charge in [0.15, 0.2) is 0 Å². The first kappa shape index (κ1) is 13.3. The van der Waals surface area contributed by atoms with Gasteiger partial charge in [0.05, 0.1) is 7.11 Å². The molecule has 4 heteroatoms. The summed E-state index contributed by atoms with van der Waals surface area (Å²) in [5.41, 5.74) is 1.18. The smallest absolute Gasteiger partial charge is 0.120 e. The van der Waals surface area contributed by atoms with E-state index in [1.54, 1.807) is 18.4 Å². The fourth-order valence-electron chi connectivity index (χ4n) is 2.00. The van der Waals surface area contributed by atoms with Gasteiger partial charge < -0.3 is 9.47 Å². The second-order valence-electron chi connectivity index (χ2n) is 4.37. The minimum atomic E-state index is 0.550. The van der Waals surface area contributed by atoms with Crippen LogP contribution in [0.3, 0.4) is 0 Å². The molecule has 0 saturated heterocycles. The molecule has 0 fully saturated rings. The summed E-state index contributed by atoms with van der Waals surface area (Å²) in [6.45, 7) is 0.550. The van der Waals surface area contributed by atoms with Gasteiger partial charge in [0, 0.05) is 15.3 Å². The summed E-state index contributed by atoms with van der Waals surface area (Å²) in [4.78, 5) is 0. The highest BCUT2D eigenvalue weighted by Crippen LogP contribution is 2.29. The van der Waals surface area contributed by atoms with Gasteiger partial charge in [0.2, 0.25) is 0 Å². The van der Waals surface area contributed by atoms with E-state index in [0.717, 1.165) is 16.5 Å². The molecular formula is C16H13ClO2S. The average Bonchev–Trinajstić information content (AvgIpc) is 2.88. The Labute approximate surface area is 126 Å². The highest BCUT2D eigenvalue weighted by Gasteiger charge is 2.05. The number of hydrogen-bond donors (Lipinski definition) is 0. The monoisotopic (exact) mass is 304 g/mol. The van der Waals surface area contributed by atoms with E-state index in [1.807, 2.05) is 42.5 Å². The predicted molar refractivity (Wildman–Crippen MR) is 84.2 cm³/mol. The van der Waals surface area contributed by atoms with E-state index in [1.165, 1.54) is 15.6 Å². The van der Waals surface area contributed by atoms with Crippen molar-refractivity contribution in [2.24, 2.45) is 0 Å². The summed E-state index contributed by atoms with van der Waals surface area (Å²) < 4.78 is 12.1.